The Morgan fingerprint density at radius 3 is 2.35 bits per heavy atom. The number of rotatable bonds is 9. The van der Waals surface area contributed by atoms with Crippen LogP contribution in [0, 0.1) is 5.92 Å². The van der Waals surface area contributed by atoms with Gasteiger partial charge in [0.05, 0.1) is 0 Å². The maximum absolute atomic E-state index is 13.0. The maximum Gasteiger partial charge on any atom is 0.251 e. The van der Waals surface area contributed by atoms with E-state index in [4.69, 9.17) is 0 Å². The zero-order chi connectivity index (χ0) is 22.1. The number of hydrogen-bond acceptors (Lipinski definition) is 4. The number of carbonyl (C=O) groups excluding carboxylic acids is 2. The fourth-order valence-corrected chi connectivity index (χ4v) is 3.87. The van der Waals surface area contributed by atoms with Crippen LogP contribution in [0.3, 0.4) is 0 Å². The third-order valence-electron chi connectivity index (χ3n) is 4.54. The van der Waals surface area contributed by atoms with Gasteiger partial charge in [-0.2, -0.15) is 0 Å². The van der Waals surface area contributed by atoms with E-state index < -0.39 is 6.04 Å². The van der Waals surface area contributed by atoms with Crippen molar-refractivity contribution >= 4 is 29.3 Å². The van der Waals surface area contributed by atoms with E-state index in [9.17, 15) is 9.59 Å². The van der Waals surface area contributed by atoms with E-state index in [0.717, 1.165) is 21.8 Å². The Morgan fingerprint density at radius 2 is 1.71 bits per heavy atom. The fourth-order valence-electron chi connectivity index (χ4n) is 3.04. The van der Waals surface area contributed by atoms with Gasteiger partial charge in [0.25, 0.3) is 5.91 Å². The number of amides is 2. The van der Waals surface area contributed by atoms with Gasteiger partial charge in [-0.05, 0) is 47.4 Å². The van der Waals surface area contributed by atoms with Crippen molar-refractivity contribution in [2.75, 3.05) is 5.32 Å². The highest BCUT2D eigenvalue weighted by Crippen LogP contribution is 2.24. The molecule has 160 valence electrons. The molecule has 3 aromatic rings. The summed E-state index contributed by atoms with van der Waals surface area (Å²) in [7, 11) is 0. The maximum atomic E-state index is 13.0. The van der Waals surface area contributed by atoms with Crippen LogP contribution in [0.25, 0.3) is 0 Å². The summed E-state index contributed by atoms with van der Waals surface area (Å²) in [5, 5.41) is 5.80. The van der Waals surface area contributed by atoms with Gasteiger partial charge in [0.2, 0.25) is 5.91 Å². The number of nitrogens with zero attached hydrogens (tertiary/aromatic N) is 1. The molecule has 0 aliphatic rings. The molecule has 6 heteroatoms. The molecule has 0 radical (unpaired) electrons. The molecule has 1 aromatic heterocycles. The minimum Gasteiger partial charge on any atom is -0.341 e. The molecule has 0 spiro atoms. The number of nitrogens with one attached hydrogen (secondary N) is 2. The molecule has 2 N–H and O–H groups in total. The SMILES string of the molecule is CC(C)CC(=O)NC(C(=O)Nc1ccc(SCc2cccnc2)cc1)c1ccccc1. The Kier molecular flexibility index (Phi) is 8.24. The summed E-state index contributed by atoms with van der Waals surface area (Å²) in [6.45, 7) is 3.95. The smallest absolute Gasteiger partial charge is 0.251 e. The molecule has 5 nitrogen and oxygen atoms in total. The molecule has 0 aliphatic heterocycles. The summed E-state index contributed by atoms with van der Waals surface area (Å²) < 4.78 is 0. The van der Waals surface area contributed by atoms with E-state index in [-0.39, 0.29) is 17.7 Å². The van der Waals surface area contributed by atoms with Crippen molar-refractivity contribution < 1.29 is 9.59 Å². The van der Waals surface area contributed by atoms with Crippen LogP contribution < -0.4 is 10.6 Å². The van der Waals surface area contributed by atoms with E-state index in [1.165, 1.54) is 0 Å². The molecule has 2 amide bonds. The predicted molar refractivity (Wildman–Crippen MR) is 126 cm³/mol. The van der Waals surface area contributed by atoms with Gasteiger partial charge in [-0.1, -0.05) is 50.2 Å². The van der Waals surface area contributed by atoms with Crippen molar-refractivity contribution in [2.24, 2.45) is 5.92 Å². The molecule has 1 heterocycles. The zero-order valence-corrected chi connectivity index (χ0v) is 18.6. The summed E-state index contributed by atoms with van der Waals surface area (Å²) in [6, 6.07) is 20.2. The van der Waals surface area contributed by atoms with Gasteiger partial charge in [-0.3, -0.25) is 14.6 Å². The predicted octanol–water partition coefficient (Wildman–Crippen LogP) is 5.22. The highest BCUT2D eigenvalue weighted by Gasteiger charge is 2.23. The molecule has 0 bridgehead atoms. The number of pyridine rings is 1. The molecular weight excluding hydrogens is 406 g/mol. The van der Waals surface area contributed by atoms with Crippen molar-refractivity contribution in [3.05, 3.63) is 90.3 Å². The number of hydrogen-bond donors (Lipinski definition) is 2. The summed E-state index contributed by atoms with van der Waals surface area (Å²) >= 11 is 1.71. The first-order chi connectivity index (χ1) is 15.0. The molecule has 1 unspecified atom stereocenters. The highest BCUT2D eigenvalue weighted by atomic mass is 32.2. The first-order valence-electron chi connectivity index (χ1n) is 10.3. The van der Waals surface area contributed by atoms with Gasteiger partial charge in [0, 0.05) is 35.2 Å². The highest BCUT2D eigenvalue weighted by molar-refractivity contribution is 7.98. The third kappa shape index (κ3) is 7.26. The monoisotopic (exact) mass is 433 g/mol. The van der Waals surface area contributed by atoms with Crippen LogP contribution in [0.15, 0.2) is 84.0 Å². The van der Waals surface area contributed by atoms with Crippen molar-refractivity contribution in [3.63, 3.8) is 0 Å². The first kappa shape index (κ1) is 22.6. The van der Waals surface area contributed by atoms with Gasteiger partial charge in [-0.25, -0.2) is 0 Å². The fraction of sp³-hybridized carbons (Fsp3) is 0.240. The minimum atomic E-state index is -0.743. The van der Waals surface area contributed by atoms with Crippen LogP contribution in [0.2, 0.25) is 0 Å². The second-order valence-electron chi connectivity index (χ2n) is 7.67. The van der Waals surface area contributed by atoms with Gasteiger partial charge in [0.15, 0.2) is 0 Å². The molecular formula is C25H27N3O2S. The molecule has 2 aromatic carbocycles. The first-order valence-corrected chi connectivity index (χ1v) is 11.3. The van der Waals surface area contributed by atoms with Crippen LogP contribution in [0.1, 0.15) is 37.4 Å². The molecule has 1 atom stereocenters. The Bertz CT molecular complexity index is 977. The Labute approximate surface area is 187 Å². The molecule has 31 heavy (non-hydrogen) atoms. The van der Waals surface area contributed by atoms with Crippen LogP contribution in [0.4, 0.5) is 5.69 Å². The van der Waals surface area contributed by atoms with Crippen molar-refractivity contribution in [2.45, 2.75) is 37.0 Å². The molecule has 3 rings (SSSR count). The lowest BCUT2D eigenvalue weighted by molar-refractivity contribution is -0.127. The van der Waals surface area contributed by atoms with E-state index in [1.807, 2.05) is 86.8 Å². The molecule has 0 saturated heterocycles. The number of carbonyl (C=O) groups is 2. The second-order valence-corrected chi connectivity index (χ2v) is 8.72. The number of anilines is 1. The van der Waals surface area contributed by atoms with Crippen molar-refractivity contribution in [1.82, 2.24) is 10.3 Å². The van der Waals surface area contributed by atoms with E-state index in [2.05, 4.69) is 15.6 Å². The van der Waals surface area contributed by atoms with Crippen LogP contribution in [-0.4, -0.2) is 16.8 Å². The topological polar surface area (TPSA) is 71.1 Å². The second kappa shape index (κ2) is 11.3. The normalized spacial score (nSPS) is 11.7. The lowest BCUT2D eigenvalue weighted by Crippen LogP contribution is -2.37. The summed E-state index contributed by atoms with van der Waals surface area (Å²) in [5.41, 5.74) is 2.60. The van der Waals surface area contributed by atoms with Gasteiger partial charge in [-0.15, -0.1) is 11.8 Å². The number of aromatic nitrogens is 1. The zero-order valence-electron chi connectivity index (χ0n) is 17.7. The number of thioether (sulfide) groups is 1. The largest absolute Gasteiger partial charge is 0.341 e. The van der Waals surface area contributed by atoms with E-state index in [0.29, 0.717) is 12.1 Å². The van der Waals surface area contributed by atoms with E-state index >= 15 is 0 Å². The summed E-state index contributed by atoms with van der Waals surface area (Å²) in [6.07, 6.45) is 4.00. The quantitative estimate of drug-likeness (QED) is 0.454. The third-order valence-corrected chi connectivity index (χ3v) is 5.63. The summed E-state index contributed by atoms with van der Waals surface area (Å²) in [4.78, 5) is 30.6. The average molecular weight is 434 g/mol. The Morgan fingerprint density at radius 1 is 0.968 bits per heavy atom. The molecule has 0 saturated carbocycles. The van der Waals surface area contributed by atoms with Gasteiger partial charge >= 0.3 is 0 Å². The summed E-state index contributed by atoms with van der Waals surface area (Å²) in [5.74, 6) is 0.647. The van der Waals surface area contributed by atoms with Crippen LogP contribution in [0.5, 0.6) is 0 Å². The van der Waals surface area contributed by atoms with E-state index in [1.54, 1.807) is 18.0 Å². The van der Waals surface area contributed by atoms with Crippen molar-refractivity contribution in [1.29, 1.82) is 0 Å². The molecule has 0 aliphatic carbocycles. The lowest BCUT2D eigenvalue weighted by Gasteiger charge is -2.19. The standard InChI is InChI=1S/C25H27N3O2S/c1-18(2)15-23(29)28-24(20-8-4-3-5-9-20)25(30)27-21-10-12-22(13-11-21)31-17-19-7-6-14-26-16-19/h3-14,16,18,24H,15,17H2,1-2H3,(H,27,30)(H,28,29). The average Bonchev–Trinajstić information content (AvgIpc) is 2.78. The Hall–Kier alpha value is -3.12. The lowest BCUT2D eigenvalue weighted by atomic mass is 10.0. The minimum absolute atomic E-state index is 0.138. The number of benzene rings is 2. The molecule has 0 fully saturated rings. The van der Waals surface area contributed by atoms with Crippen molar-refractivity contribution in [3.8, 4) is 0 Å². The van der Waals surface area contributed by atoms with Crippen LogP contribution >= 0.6 is 11.8 Å². The van der Waals surface area contributed by atoms with Crippen LogP contribution in [-0.2, 0) is 15.3 Å². The van der Waals surface area contributed by atoms with Gasteiger partial charge < -0.3 is 10.6 Å². The van der Waals surface area contributed by atoms with Gasteiger partial charge in [0.1, 0.15) is 6.04 Å². The Balaban J connectivity index is 1.64.